The molecule has 0 radical (unpaired) electrons. The molecule has 0 amide bonds. The van der Waals surface area contributed by atoms with Crippen LogP contribution < -0.4 is 5.73 Å². The molecule has 0 aromatic heterocycles. The van der Waals surface area contributed by atoms with E-state index in [1.807, 2.05) is 6.21 Å². The van der Waals surface area contributed by atoms with E-state index in [1.165, 1.54) is 0 Å². The molecule has 1 heterocycles. The summed E-state index contributed by atoms with van der Waals surface area (Å²) in [5.74, 6) is 0. The van der Waals surface area contributed by atoms with E-state index in [-0.39, 0.29) is 5.41 Å². The minimum atomic E-state index is 0.0728. The Bertz CT molecular complexity index is 245. The van der Waals surface area contributed by atoms with Crippen molar-refractivity contribution in [3.63, 3.8) is 0 Å². The predicted octanol–water partition coefficient (Wildman–Crippen LogP) is 2.12. The van der Waals surface area contributed by atoms with Gasteiger partial charge in [0.1, 0.15) is 0 Å². The van der Waals surface area contributed by atoms with E-state index in [1.54, 1.807) is 6.20 Å². The third-order valence-electron chi connectivity index (χ3n) is 2.66. The topological polar surface area (TPSA) is 47.6 Å². The fraction of sp³-hybridized carbons (Fsp3) is 0.750. The van der Waals surface area contributed by atoms with Crippen LogP contribution in [0.5, 0.6) is 0 Å². The highest BCUT2D eigenvalue weighted by Crippen LogP contribution is 2.23. The van der Waals surface area contributed by atoms with E-state index in [9.17, 15) is 0 Å². The van der Waals surface area contributed by atoms with Crippen molar-refractivity contribution in [2.24, 2.45) is 16.1 Å². The Kier molecular flexibility index (Phi) is 4.33. The van der Waals surface area contributed by atoms with Crippen LogP contribution in [0, 0.1) is 5.41 Å². The monoisotopic (exact) mass is 210 g/mol. The molecule has 0 unspecified atom stereocenters. The van der Waals surface area contributed by atoms with Crippen LogP contribution >= 0.6 is 0 Å². The van der Waals surface area contributed by atoms with Crippen LogP contribution in [0.15, 0.2) is 16.8 Å². The maximum atomic E-state index is 5.60. The molecule has 3 heteroatoms. The lowest BCUT2D eigenvalue weighted by Crippen LogP contribution is -2.20. The Hall–Kier alpha value is -0.830. The summed E-state index contributed by atoms with van der Waals surface area (Å²) in [4.78, 5) is 4.57. The summed E-state index contributed by atoms with van der Waals surface area (Å²) in [6, 6.07) is 0.413. The lowest BCUT2D eigenvalue weighted by Gasteiger charge is -2.21. The second-order valence-corrected chi connectivity index (χ2v) is 4.99. The van der Waals surface area contributed by atoms with E-state index in [0.717, 1.165) is 31.6 Å². The number of hydrogen-bond donors (Lipinski definition) is 1. The van der Waals surface area contributed by atoms with Gasteiger partial charge in [-0.15, -0.1) is 0 Å². The van der Waals surface area contributed by atoms with Gasteiger partial charge in [0.2, 0.25) is 0 Å². The largest absolute Gasteiger partial charge is 0.404 e. The minimum Gasteiger partial charge on any atom is -0.404 e. The Morgan fingerprint density at radius 2 is 1.93 bits per heavy atom. The summed E-state index contributed by atoms with van der Waals surface area (Å²) >= 11 is 0. The van der Waals surface area contributed by atoms with Crippen molar-refractivity contribution in [1.29, 1.82) is 0 Å². The first kappa shape index (κ1) is 12.2. The third kappa shape index (κ3) is 4.04. The molecule has 3 nitrogen and oxygen atoms in total. The minimum absolute atomic E-state index is 0.0728. The smallest absolute Gasteiger partial charge is 0.0543 e. The molecule has 0 saturated carbocycles. The zero-order chi connectivity index (χ0) is 11.3. The van der Waals surface area contributed by atoms with Gasteiger partial charge in [0.15, 0.2) is 0 Å². The first-order valence-electron chi connectivity index (χ1n) is 5.57. The fourth-order valence-electron chi connectivity index (χ4n) is 1.51. The van der Waals surface area contributed by atoms with Gasteiger partial charge in [0, 0.05) is 19.4 Å². The molecule has 1 saturated heterocycles. The van der Waals surface area contributed by atoms with Crippen molar-refractivity contribution in [1.82, 2.24) is 0 Å². The Labute approximate surface area is 92.4 Å². The number of nitrogens with two attached hydrogens (primary N) is 1. The SMILES string of the molecule is CC(C)(C)C(C=NC1CCOCC1)=CN. The van der Waals surface area contributed by atoms with Crippen LogP contribution in [0.4, 0.5) is 0 Å². The van der Waals surface area contributed by atoms with Crippen molar-refractivity contribution in [3.8, 4) is 0 Å². The highest BCUT2D eigenvalue weighted by Gasteiger charge is 2.16. The van der Waals surface area contributed by atoms with E-state index >= 15 is 0 Å². The number of aliphatic imine (C=N–C) groups is 1. The average Bonchev–Trinajstić information content (AvgIpc) is 2.18. The van der Waals surface area contributed by atoms with Gasteiger partial charge in [-0.25, -0.2) is 0 Å². The van der Waals surface area contributed by atoms with Gasteiger partial charge in [-0.2, -0.15) is 0 Å². The number of allylic oxidation sites excluding steroid dienone is 1. The summed E-state index contributed by atoms with van der Waals surface area (Å²) in [5.41, 5.74) is 6.76. The second kappa shape index (κ2) is 5.31. The van der Waals surface area contributed by atoms with E-state index in [0.29, 0.717) is 6.04 Å². The van der Waals surface area contributed by atoms with Gasteiger partial charge >= 0.3 is 0 Å². The fourth-order valence-corrected chi connectivity index (χ4v) is 1.51. The zero-order valence-corrected chi connectivity index (χ0v) is 9.99. The summed E-state index contributed by atoms with van der Waals surface area (Å²) < 4.78 is 5.29. The molecule has 0 aromatic carbocycles. The molecule has 1 aliphatic rings. The lowest BCUT2D eigenvalue weighted by molar-refractivity contribution is 0.0872. The van der Waals surface area contributed by atoms with E-state index in [2.05, 4.69) is 25.8 Å². The molecule has 0 aromatic rings. The van der Waals surface area contributed by atoms with Crippen molar-refractivity contribution in [3.05, 3.63) is 11.8 Å². The van der Waals surface area contributed by atoms with Crippen LogP contribution in [0.2, 0.25) is 0 Å². The van der Waals surface area contributed by atoms with E-state index in [4.69, 9.17) is 10.5 Å². The molecular weight excluding hydrogens is 188 g/mol. The zero-order valence-electron chi connectivity index (χ0n) is 9.99. The highest BCUT2D eigenvalue weighted by molar-refractivity contribution is 5.80. The Balaban J connectivity index is 2.54. The van der Waals surface area contributed by atoms with Gasteiger partial charge in [-0.05, 0) is 30.0 Å². The quantitative estimate of drug-likeness (QED) is 0.710. The maximum Gasteiger partial charge on any atom is 0.0543 e. The van der Waals surface area contributed by atoms with Crippen molar-refractivity contribution < 1.29 is 4.74 Å². The van der Waals surface area contributed by atoms with Crippen LogP contribution in [0.3, 0.4) is 0 Å². The normalized spacial score (nSPS) is 21.1. The molecule has 86 valence electrons. The number of ether oxygens (including phenoxy) is 1. The second-order valence-electron chi connectivity index (χ2n) is 4.99. The summed E-state index contributed by atoms with van der Waals surface area (Å²) in [5, 5.41) is 0. The van der Waals surface area contributed by atoms with Crippen molar-refractivity contribution in [2.75, 3.05) is 13.2 Å². The molecule has 0 aliphatic carbocycles. The van der Waals surface area contributed by atoms with Gasteiger partial charge in [-0.1, -0.05) is 20.8 Å². The van der Waals surface area contributed by atoms with Gasteiger partial charge in [0.25, 0.3) is 0 Å². The van der Waals surface area contributed by atoms with Crippen LogP contribution in [0.1, 0.15) is 33.6 Å². The molecule has 1 rings (SSSR count). The number of hydrogen-bond acceptors (Lipinski definition) is 3. The van der Waals surface area contributed by atoms with Gasteiger partial charge in [-0.3, -0.25) is 4.99 Å². The lowest BCUT2D eigenvalue weighted by atomic mass is 9.88. The Morgan fingerprint density at radius 1 is 1.33 bits per heavy atom. The predicted molar refractivity (Wildman–Crippen MR) is 64.1 cm³/mol. The van der Waals surface area contributed by atoms with Crippen molar-refractivity contribution >= 4 is 6.21 Å². The van der Waals surface area contributed by atoms with Gasteiger partial charge in [0.05, 0.1) is 6.04 Å². The molecule has 0 atom stereocenters. The van der Waals surface area contributed by atoms with Gasteiger partial charge < -0.3 is 10.5 Å². The maximum absolute atomic E-state index is 5.60. The average molecular weight is 210 g/mol. The standard InChI is InChI=1S/C12H22N2O/c1-12(2,3)10(8-13)9-14-11-4-6-15-7-5-11/h8-9,11H,4-7,13H2,1-3H3. The summed E-state index contributed by atoms with van der Waals surface area (Å²) in [6.45, 7) is 8.09. The van der Waals surface area contributed by atoms with Crippen LogP contribution in [-0.2, 0) is 4.74 Å². The molecular formula is C12H22N2O. The molecule has 0 spiro atoms. The summed E-state index contributed by atoms with van der Waals surface area (Å²) in [6.07, 6.45) is 5.63. The van der Waals surface area contributed by atoms with Crippen LogP contribution in [-0.4, -0.2) is 25.5 Å². The first-order chi connectivity index (χ1) is 7.04. The van der Waals surface area contributed by atoms with Crippen LogP contribution in [0.25, 0.3) is 0 Å². The van der Waals surface area contributed by atoms with Crippen molar-refractivity contribution in [2.45, 2.75) is 39.7 Å². The number of nitrogens with zero attached hydrogens (tertiary/aromatic N) is 1. The molecule has 0 bridgehead atoms. The molecule has 15 heavy (non-hydrogen) atoms. The first-order valence-corrected chi connectivity index (χ1v) is 5.57. The summed E-state index contributed by atoms with van der Waals surface area (Å²) in [7, 11) is 0. The van der Waals surface area contributed by atoms with E-state index < -0.39 is 0 Å². The third-order valence-corrected chi connectivity index (χ3v) is 2.66. The Morgan fingerprint density at radius 3 is 2.40 bits per heavy atom. The highest BCUT2D eigenvalue weighted by atomic mass is 16.5. The molecule has 1 aliphatic heterocycles. The molecule has 2 N–H and O–H groups in total. The molecule has 1 fully saturated rings. The number of rotatable bonds is 2.